The minimum Gasteiger partial charge on any atom is -0.449 e. The molecule has 1 aromatic rings. The van der Waals surface area contributed by atoms with Gasteiger partial charge in [0.15, 0.2) is 0 Å². The van der Waals surface area contributed by atoms with E-state index in [0.717, 1.165) is 25.0 Å². The molecule has 2 fully saturated rings. The molecule has 0 aliphatic heterocycles. The molecule has 0 N–H and O–H groups in total. The quantitative estimate of drug-likeness (QED) is 0.473. The number of rotatable bonds is 2. The van der Waals surface area contributed by atoms with Gasteiger partial charge in [0, 0.05) is 10.7 Å². The maximum Gasteiger partial charge on any atom is 0.135 e. The van der Waals surface area contributed by atoms with Gasteiger partial charge in [-0.1, -0.05) is 35.5 Å². The summed E-state index contributed by atoms with van der Waals surface area (Å²) in [6, 6.07) is 6.48. The largest absolute Gasteiger partial charge is 0.449 e. The number of hydrogen-bond acceptors (Lipinski definition) is 1. The van der Waals surface area contributed by atoms with E-state index in [1.165, 1.54) is 23.1 Å². The van der Waals surface area contributed by atoms with Crippen LogP contribution in [0.1, 0.15) is 70.4 Å². The van der Waals surface area contributed by atoms with E-state index in [1.54, 1.807) is 0 Å². The molecule has 3 heteroatoms. The van der Waals surface area contributed by atoms with Crippen LogP contribution in [0, 0.1) is 17.3 Å². The number of halogens is 1. The molecule has 0 spiro atoms. The first-order valence-electron chi connectivity index (χ1n) is 10.8. The first-order chi connectivity index (χ1) is 12.9. The monoisotopic (exact) mass is 404 g/mol. The highest BCUT2D eigenvalue weighted by Gasteiger charge is 2.55. The van der Waals surface area contributed by atoms with Crippen LogP contribution in [-0.2, 0) is 6.42 Å². The smallest absolute Gasteiger partial charge is 0.135 e. The fraction of sp³-hybridized carbons (Fsp3) is 0.680. The Hall–Kier alpha value is -0.960. The molecular weight excluding hydrogens is 367 g/mol. The van der Waals surface area contributed by atoms with E-state index in [9.17, 15) is 0 Å². The van der Waals surface area contributed by atoms with Crippen LogP contribution < -0.4 is 4.18 Å². The molecular formula is C25H37FOS. The van der Waals surface area contributed by atoms with Crippen molar-refractivity contribution < 1.29 is 8.57 Å². The van der Waals surface area contributed by atoms with E-state index in [4.69, 9.17) is 4.18 Å². The van der Waals surface area contributed by atoms with Gasteiger partial charge < -0.3 is 4.18 Å². The molecule has 4 rings (SSSR count). The van der Waals surface area contributed by atoms with Crippen molar-refractivity contribution in [3.05, 3.63) is 41.5 Å². The molecule has 156 valence electrons. The summed E-state index contributed by atoms with van der Waals surface area (Å²) in [5, 5.41) is 0. The van der Waals surface area contributed by atoms with Gasteiger partial charge in [-0.05, 0) is 106 Å². The highest BCUT2D eigenvalue weighted by molar-refractivity contribution is 8.30. The van der Waals surface area contributed by atoms with Crippen LogP contribution >= 0.6 is 10.3 Å². The first-order valence-corrected chi connectivity index (χ1v) is 13.2. The van der Waals surface area contributed by atoms with Gasteiger partial charge >= 0.3 is 0 Å². The lowest BCUT2D eigenvalue weighted by atomic mass is 9.54. The van der Waals surface area contributed by atoms with Gasteiger partial charge in [0.2, 0.25) is 0 Å². The lowest BCUT2D eigenvalue weighted by molar-refractivity contribution is 0.0183. The third-order valence-corrected chi connectivity index (χ3v) is 11.9. The van der Waals surface area contributed by atoms with Crippen molar-refractivity contribution in [2.75, 3.05) is 12.5 Å². The summed E-state index contributed by atoms with van der Waals surface area (Å²) in [6.45, 7) is 13.3. The summed E-state index contributed by atoms with van der Waals surface area (Å²) in [7, 11) is -1.22. The van der Waals surface area contributed by atoms with Gasteiger partial charge in [-0.25, -0.2) is 4.39 Å². The SMILES string of the molecule is C=C1CCC2C3CCc4cc(OS(C)(C)C(C)(C)C)ccc4C3C(F)CC12C. The molecule has 5 unspecified atom stereocenters. The van der Waals surface area contributed by atoms with Crippen molar-refractivity contribution in [1.29, 1.82) is 0 Å². The number of aryl methyl sites for hydroxylation is 1. The fourth-order valence-electron chi connectivity index (χ4n) is 5.90. The number of fused-ring (bicyclic) bond motifs is 5. The fourth-order valence-corrected chi connectivity index (χ4v) is 6.73. The third kappa shape index (κ3) is 3.04. The van der Waals surface area contributed by atoms with Gasteiger partial charge in [-0.15, -0.1) is 0 Å². The van der Waals surface area contributed by atoms with Crippen molar-refractivity contribution in [3.8, 4) is 5.75 Å². The van der Waals surface area contributed by atoms with Gasteiger partial charge in [-0.3, -0.25) is 0 Å². The van der Waals surface area contributed by atoms with Crippen molar-refractivity contribution >= 4 is 10.3 Å². The molecule has 0 radical (unpaired) electrons. The van der Waals surface area contributed by atoms with Crippen molar-refractivity contribution in [1.82, 2.24) is 0 Å². The average Bonchev–Trinajstić information content (AvgIpc) is 2.88. The highest BCUT2D eigenvalue weighted by atomic mass is 32.3. The van der Waals surface area contributed by atoms with E-state index in [-0.39, 0.29) is 16.1 Å². The average molecular weight is 405 g/mol. The first kappa shape index (κ1) is 20.3. The van der Waals surface area contributed by atoms with Crippen LogP contribution in [0.2, 0.25) is 0 Å². The zero-order valence-corrected chi connectivity index (χ0v) is 19.3. The van der Waals surface area contributed by atoms with Crippen LogP contribution in [0.3, 0.4) is 0 Å². The summed E-state index contributed by atoms with van der Waals surface area (Å²) in [5.41, 5.74) is 3.87. The van der Waals surface area contributed by atoms with Gasteiger partial charge in [0.1, 0.15) is 11.9 Å². The molecule has 0 amide bonds. The Morgan fingerprint density at radius 3 is 2.57 bits per heavy atom. The Bertz CT molecular complexity index is 792. The molecule has 5 atom stereocenters. The Kier molecular flexibility index (Phi) is 4.73. The molecule has 0 bridgehead atoms. The summed E-state index contributed by atoms with van der Waals surface area (Å²) in [4.78, 5) is 0. The lowest BCUT2D eigenvalue weighted by Crippen LogP contribution is -2.45. The van der Waals surface area contributed by atoms with Gasteiger partial charge in [-0.2, -0.15) is 0 Å². The van der Waals surface area contributed by atoms with Gasteiger partial charge in [0.05, 0.1) is 0 Å². The normalized spacial score (nSPS) is 35.8. The molecule has 0 aromatic heterocycles. The van der Waals surface area contributed by atoms with Crippen LogP contribution in [0.25, 0.3) is 0 Å². The number of benzene rings is 1. The van der Waals surface area contributed by atoms with Crippen LogP contribution in [0.5, 0.6) is 5.75 Å². The number of allylic oxidation sites excluding steroid dienone is 1. The second-order valence-electron chi connectivity index (χ2n) is 10.9. The molecule has 2 saturated carbocycles. The second-order valence-corrected chi connectivity index (χ2v) is 14.8. The minimum atomic E-state index is -1.22. The Labute approximate surface area is 172 Å². The minimum absolute atomic E-state index is 0.0151. The van der Waals surface area contributed by atoms with E-state index in [0.29, 0.717) is 18.3 Å². The molecule has 0 saturated heterocycles. The Balaban J connectivity index is 1.63. The molecule has 3 aliphatic carbocycles. The predicted molar refractivity (Wildman–Crippen MR) is 120 cm³/mol. The number of alkyl halides is 1. The Morgan fingerprint density at radius 2 is 1.89 bits per heavy atom. The van der Waals surface area contributed by atoms with E-state index in [2.05, 4.69) is 65.0 Å². The highest BCUT2D eigenvalue weighted by Crippen LogP contribution is 2.63. The zero-order valence-electron chi connectivity index (χ0n) is 18.5. The molecule has 1 nitrogen and oxygen atoms in total. The van der Waals surface area contributed by atoms with Crippen LogP contribution in [-0.4, -0.2) is 23.4 Å². The summed E-state index contributed by atoms with van der Waals surface area (Å²) < 4.78 is 22.1. The summed E-state index contributed by atoms with van der Waals surface area (Å²) in [5.74, 6) is 2.08. The van der Waals surface area contributed by atoms with E-state index in [1.807, 2.05) is 0 Å². The van der Waals surface area contributed by atoms with Crippen molar-refractivity contribution in [3.63, 3.8) is 0 Å². The molecule has 1 aromatic carbocycles. The topological polar surface area (TPSA) is 9.23 Å². The van der Waals surface area contributed by atoms with Gasteiger partial charge in [0.25, 0.3) is 0 Å². The second kappa shape index (κ2) is 6.52. The number of hydrogen-bond donors (Lipinski definition) is 0. The van der Waals surface area contributed by atoms with E-state index >= 15 is 4.39 Å². The summed E-state index contributed by atoms with van der Waals surface area (Å²) in [6.07, 6.45) is 8.78. The molecule has 28 heavy (non-hydrogen) atoms. The predicted octanol–water partition coefficient (Wildman–Crippen LogP) is 7.20. The maximum absolute atomic E-state index is 15.5. The standard InChI is InChI=1S/C25H37FOS/c1-16-8-13-21-20-11-9-17-14-18(27-28(6,7)24(2,3)4)10-12-19(17)23(20)22(26)15-25(16,21)5/h10,12,14,20-23H,1,8-9,11,13,15H2,2-7H3. The molecule has 0 heterocycles. The van der Waals surface area contributed by atoms with Crippen molar-refractivity contribution in [2.45, 2.75) is 76.6 Å². The van der Waals surface area contributed by atoms with Crippen LogP contribution in [0.15, 0.2) is 30.4 Å². The van der Waals surface area contributed by atoms with Crippen LogP contribution in [0.4, 0.5) is 4.39 Å². The molecule has 3 aliphatic rings. The van der Waals surface area contributed by atoms with E-state index < -0.39 is 16.5 Å². The lowest BCUT2D eigenvalue weighted by Gasteiger charge is -2.51. The van der Waals surface area contributed by atoms with Crippen molar-refractivity contribution in [2.24, 2.45) is 17.3 Å². The third-order valence-electron chi connectivity index (χ3n) is 8.37. The Morgan fingerprint density at radius 1 is 1.18 bits per heavy atom. The summed E-state index contributed by atoms with van der Waals surface area (Å²) >= 11 is 0. The zero-order chi connectivity index (χ0) is 20.5. The maximum atomic E-state index is 15.5.